The molecule has 10 heterocycles. The number of Topliss-reactive ketones (excluding diaryl/α,β-unsaturated/α-hetero) is 1. The van der Waals surface area contributed by atoms with Crippen molar-refractivity contribution in [1.29, 1.82) is 0 Å². The highest BCUT2D eigenvalue weighted by atomic mass is 32.1. The van der Waals surface area contributed by atoms with Crippen molar-refractivity contribution in [1.82, 2.24) is 19.9 Å². The van der Waals surface area contributed by atoms with E-state index in [0.717, 1.165) is 43.9 Å². The molecule has 4 fully saturated rings. The molecule has 22 nitrogen and oxygen atoms in total. The van der Waals surface area contributed by atoms with Crippen LogP contribution in [0.2, 0.25) is 0 Å². The largest absolute Gasteiger partial charge is 0.491 e. The second kappa shape index (κ2) is 28.2. The highest BCUT2D eigenvalue weighted by Crippen LogP contribution is 2.41. The summed E-state index contributed by atoms with van der Waals surface area (Å²) in [7, 11) is 0. The SMILES string of the molecule is C=CCCC(=O)c1ccc2c(n1)N(C(=O)Nc1cc(OC[C@H]3COC(C)(C)O3)ccn1)[C@H]1CCN2C1.C=CCN.CC1(C)OC[C@H](COc2ccnc(NC(=O)N3c4nc(C(=O)O)ccc4N4CC[C@H]3C4)c2)O1.S.S.S.S. The fraction of sp³-hybridized carbons (Fsp3) is 0.451. The quantitative estimate of drug-likeness (QED) is 0.0756. The summed E-state index contributed by atoms with van der Waals surface area (Å²) in [6.07, 6.45) is 8.64. The molecule has 4 aromatic rings. The van der Waals surface area contributed by atoms with Crippen LogP contribution in [0.5, 0.6) is 11.5 Å². The predicted molar refractivity (Wildman–Crippen MR) is 313 cm³/mol. The Kier molecular flexibility index (Phi) is 23.3. The molecule has 0 aromatic carbocycles. The lowest BCUT2D eigenvalue weighted by atomic mass is 10.1. The second-order valence-corrected chi connectivity index (χ2v) is 18.8. The normalized spacial score (nSPS) is 20.2. The molecule has 4 amide bonds. The number of carboxylic acid groups (broad SMARTS) is 1. The summed E-state index contributed by atoms with van der Waals surface area (Å²) in [5.41, 5.74) is 6.75. The molecule has 4 atom stereocenters. The number of hydrogen-bond donors (Lipinski definition) is 4. The highest BCUT2D eigenvalue weighted by molar-refractivity contribution is 7.59. The van der Waals surface area contributed by atoms with Crippen molar-refractivity contribution in [3.63, 3.8) is 0 Å². The van der Waals surface area contributed by atoms with Crippen LogP contribution in [-0.2, 0) is 18.9 Å². The fourth-order valence-corrected chi connectivity index (χ4v) is 9.13. The Hall–Kier alpha value is -5.84. The van der Waals surface area contributed by atoms with Crippen molar-refractivity contribution >= 4 is 112 Å². The highest BCUT2D eigenvalue weighted by Gasteiger charge is 2.42. The first kappa shape index (κ1) is 63.7. The third kappa shape index (κ3) is 15.9. The minimum atomic E-state index is -1.14. The number of nitrogens with one attached hydrogen (secondary N) is 2. The number of carbonyl (C=O) groups excluding carboxylic acids is 3. The summed E-state index contributed by atoms with van der Waals surface area (Å²) >= 11 is 0. The zero-order valence-electron chi connectivity index (χ0n) is 43.5. The number of aromatic carboxylic acids is 1. The Morgan fingerprint density at radius 1 is 0.714 bits per heavy atom. The molecule has 4 bridgehead atoms. The van der Waals surface area contributed by atoms with E-state index in [0.29, 0.717) is 92.8 Å². The van der Waals surface area contributed by atoms with Gasteiger partial charge in [0.1, 0.15) is 54.3 Å². The summed E-state index contributed by atoms with van der Waals surface area (Å²) in [4.78, 5) is 75.6. The summed E-state index contributed by atoms with van der Waals surface area (Å²) in [6.45, 7) is 19.6. The third-order valence-electron chi connectivity index (χ3n) is 12.5. The minimum Gasteiger partial charge on any atom is -0.491 e. The number of anilines is 6. The van der Waals surface area contributed by atoms with Gasteiger partial charge in [-0.15, -0.1) is 13.2 Å². The van der Waals surface area contributed by atoms with E-state index in [-0.39, 0.29) is 95.8 Å². The number of carboxylic acids is 1. The zero-order chi connectivity index (χ0) is 51.9. The standard InChI is InChI=1S/C26H31N5O5.C22H25N5O6.C3H7N.4H2S/c1-4-5-6-22(32)20-7-8-21-24(28-20)31(17-10-12-30(21)14-17)25(33)29-23-13-18(9-11-27-23)34-15-19-16-35-26(2,3)36-19;1-22(2)32-12-15(33-22)11-31-14-5-7-23-18(9-14)25-21(30)27-13-6-8-26(10-13)17-4-3-16(20(28)29)24-19(17)27;1-2-3-4;;;;/h4,7-9,11,13,17,19H,1,5-6,10,12,14-16H2,2-3H3,(H,27,29,33);3-5,7,9,13,15H,6,8,10-12H2,1-2H3,(H,28,29)(H,23,25,30);2H,1,3-4H2;4*1H2/t17-,19-;13-,15-;;;;;/m00...../s1. The zero-order valence-corrected chi connectivity index (χ0v) is 47.5. The fourth-order valence-electron chi connectivity index (χ4n) is 9.13. The first-order valence-corrected chi connectivity index (χ1v) is 24.3. The van der Waals surface area contributed by atoms with Crippen LogP contribution in [0.25, 0.3) is 0 Å². The molecular weight excluding hydrogens is 1070 g/mol. The van der Waals surface area contributed by atoms with E-state index in [2.05, 4.69) is 53.5 Å². The molecule has 5 N–H and O–H groups in total. The molecule has 77 heavy (non-hydrogen) atoms. The average molecular weight is 1140 g/mol. The van der Waals surface area contributed by atoms with Gasteiger partial charge >= 0.3 is 18.0 Å². The smallest absolute Gasteiger partial charge is 0.354 e. The van der Waals surface area contributed by atoms with Crippen molar-refractivity contribution in [3.8, 4) is 11.5 Å². The number of amides is 4. The number of aromatic nitrogens is 4. The van der Waals surface area contributed by atoms with Gasteiger partial charge in [-0.1, -0.05) is 12.2 Å². The van der Waals surface area contributed by atoms with E-state index in [1.807, 2.05) is 33.8 Å². The third-order valence-corrected chi connectivity index (χ3v) is 12.5. The number of pyridine rings is 4. The number of ether oxygens (including phenoxy) is 6. The molecule has 6 aliphatic heterocycles. The summed E-state index contributed by atoms with van der Waals surface area (Å²) in [6, 6.07) is 12.6. The van der Waals surface area contributed by atoms with Crippen LogP contribution in [0.3, 0.4) is 0 Å². The van der Waals surface area contributed by atoms with E-state index in [4.69, 9.17) is 34.2 Å². The molecule has 0 spiro atoms. The molecule has 6 aliphatic rings. The van der Waals surface area contributed by atoms with Gasteiger partial charge in [0, 0.05) is 63.7 Å². The number of ketones is 1. The number of carbonyl (C=O) groups is 4. The van der Waals surface area contributed by atoms with Crippen LogP contribution in [-0.4, -0.2) is 144 Å². The van der Waals surface area contributed by atoms with Crippen LogP contribution >= 0.6 is 54.0 Å². The van der Waals surface area contributed by atoms with Crippen LogP contribution in [0.15, 0.2) is 86.2 Å². The number of allylic oxidation sites excluding steroid dienone is 1. The Labute approximate surface area is 476 Å². The van der Waals surface area contributed by atoms with Gasteiger partial charge < -0.3 is 49.1 Å². The Morgan fingerprint density at radius 3 is 1.56 bits per heavy atom. The van der Waals surface area contributed by atoms with Gasteiger partial charge in [0.25, 0.3) is 0 Å². The summed E-state index contributed by atoms with van der Waals surface area (Å²) in [5, 5.41) is 15.0. The molecule has 4 saturated heterocycles. The lowest BCUT2D eigenvalue weighted by Crippen LogP contribution is -2.48. The van der Waals surface area contributed by atoms with Crippen molar-refractivity contribution in [2.45, 2.75) is 89.2 Å². The Morgan fingerprint density at radius 2 is 1.16 bits per heavy atom. The predicted octanol–water partition coefficient (Wildman–Crippen LogP) is 6.70. The molecule has 26 heteroatoms. The van der Waals surface area contributed by atoms with Gasteiger partial charge in [-0.2, -0.15) is 54.0 Å². The van der Waals surface area contributed by atoms with Crippen LogP contribution in [0.1, 0.15) is 74.4 Å². The van der Waals surface area contributed by atoms with Crippen LogP contribution in [0, 0.1) is 0 Å². The number of rotatable bonds is 14. The number of hydrogen-bond acceptors (Lipinski definition) is 17. The maximum Gasteiger partial charge on any atom is 0.354 e. The first-order valence-electron chi connectivity index (χ1n) is 24.3. The molecular formula is C51H71N11O11S4. The van der Waals surface area contributed by atoms with Crippen molar-refractivity contribution in [2.24, 2.45) is 5.73 Å². The maximum atomic E-state index is 13.5. The number of nitrogens with zero attached hydrogens (tertiary/aromatic N) is 8. The van der Waals surface area contributed by atoms with Crippen LogP contribution in [0.4, 0.5) is 44.2 Å². The maximum absolute atomic E-state index is 13.5. The number of fused-ring (bicyclic) bond motifs is 8. The molecule has 0 saturated carbocycles. The molecule has 0 aliphatic carbocycles. The second-order valence-electron chi connectivity index (χ2n) is 18.8. The lowest BCUT2D eigenvalue weighted by Gasteiger charge is -2.35. The van der Waals surface area contributed by atoms with Gasteiger partial charge in [-0.25, -0.2) is 34.3 Å². The minimum absolute atomic E-state index is 0. The van der Waals surface area contributed by atoms with Gasteiger partial charge in [0.2, 0.25) is 0 Å². The summed E-state index contributed by atoms with van der Waals surface area (Å²) in [5.74, 6) is 0.165. The average Bonchev–Trinajstić information content (AvgIpc) is 4.18. The van der Waals surface area contributed by atoms with Gasteiger partial charge in [-0.05, 0) is 83.4 Å². The number of urea groups is 2. The molecule has 0 radical (unpaired) electrons. The topological polar surface area (TPSA) is 258 Å². The van der Waals surface area contributed by atoms with Gasteiger partial charge in [0.15, 0.2) is 34.7 Å². The molecule has 4 aromatic heterocycles. The van der Waals surface area contributed by atoms with Crippen molar-refractivity contribution < 1.29 is 52.7 Å². The Bertz CT molecular complexity index is 2710. The van der Waals surface area contributed by atoms with E-state index in [1.54, 1.807) is 65.8 Å². The molecule has 0 unspecified atom stereocenters. The number of nitrogens with two attached hydrogens (primary N) is 1. The van der Waals surface area contributed by atoms with E-state index >= 15 is 0 Å². The van der Waals surface area contributed by atoms with Crippen molar-refractivity contribution in [2.75, 3.05) is 89.4 Å². The van der Waals surface area contributed by atoms with Crippen molar-refractivity contribution in [3.05, 3.63) is 97.6 Å². The first-order chi connectivity index (χ1) is 35.0. The lowest BCUT2D eigenvalue weighted by molar-refractivity contribution is -0.141. The molecule has 420 valence electrons. The summed E-state index contributed by atoms with van der Waals surface area (Å²) < 4.78 is 34.3. The van der Waals surface area contributed by atoms with E-state index in [1.165, 1.54) is 11.0 Å². The van der Waals surface area contributed by atoms with E-state index in [9.17, 15) is 24.3 Å². The van der Waals surface area contributed by atoms with Gasteiger partial charge in [0.05, 0.1) is 36.7 Å². The molecule has 10 rings (SSSR count). The monoisotopic (exact) mass is 1140 g/mol. The van der Waals surface area contributed by atoms with E-state index < -0.39 is 23.6 Å². The van der Waals surface area contributed by atoms with Gasteiger partial charge in [-0.3, -0.25) is 25.2 Å². The Balaban J connectivity index is 0.000000297. The van der Waals surface area contributed by atoms with Crippen LogP contribution < -0.4 is 45.4 Å².